The third-order valence-electron chi connectivity index (χ3n) is 2.46. The van der Waals surface area contributed by atoms with Crippen molar-refractivity contribution < 1.29 is 27.9 Å². The summed E-state index contributed by atoms with van der Waals surface area (Å²) < 4.78 is 36.1. The fourth-order valence-corrected chi connectivity index (χ4v) is 1.63. The standard InChI is InChI=1S/C8H10F3NO3/c1-4-2-12(3-5(4)6(13)14)7(15)8(9,10)11/h4-5H,2-3H2,1H3,(H,13,14)/t4-,5-/m0/s1. The van der Waals surface area contributed by atoms with E-state index in [9.17, 15) is 22.8 Å². The Morgan fingerprint density at radius 3 is 2.20 bits per heavy atom. The van der Waals surface area contributed by atoms with Crippen LogP contribution in [0.3, 0.4) is 0 Å². The van der Waals surface area contributed by atoms with E-state index in [1.807, 2.05) is 0 Å². The van der Waals surface area contributed by atoms with Crippen LogP contribution in [0.2, 0.25) is 0 Å². The van der Waals surface area contributed by atoms with Crippen molar-refractivity contribution in [1.82, 2.24) is 4.90 Å². The molecule has 2 atom stereocenters. The van der Waals surface area contributed by atoms with Crippen molar-refractivity contribution in [2.24, 2.45) is 11.8 Å². The number of hydrogen-bond donors (Lipinski definition) is 1. The Bertz CT molecular complexity index is 289. The highest BCUT2D eigenvalue weighted by Gasteiger charge is 2.47. The molecule has 1 aliphatic heterocycles. The maximum absolute atomic E-state index is 12.0. The normalized spacial score (nSPS) is 26.8. The van der Waals surface area contributed by atoms with Gasteiger partial charge in [0, 0.05) is 13.1 Å². The maximum Gasteiger partial charge on any atom is 0.471 e. The molecular formula is C8H10F3NO3. The van der Waals surface area contributed by atoms with Gasteiger partial charge < -0.3 is 10.0 Å². The Morgan fingerprint density at radius 1 is 1.33 bits per heavy atom. The van der Waals surface area contributed by atoms with Crippen LogP contribution in [0.15, 0.2) is 0 Å². The van der Waals surface area contributed by atoms with E-state index in [0.717, 1.165) is 0 Å². The van der Waals surface area contributed by atoms with Gasteiger partial charge in [-0.15, -0.1) is 0 Å². The second kappa shape index (κ2) is 3.71. The van der Waals surface area contributed by atoms with E-state index in [1.54, 1.807) is 0 Å². The number of carbonyl (C=O) groups excluding carboxylic acids is 1. The number of aliphatic carboxylic acids is 1. The van der Waals surface area contributed by atoms with Crippen molar-refractivity contribution in [1.29, 1.82) is 0 Å². The molecule has 1 fully saturated rings. The Morgan fingerprint density at radius 2 is 1.87 bits per heavy atom. The summed E-state index contributed by atoms with van der Waals surface area (Å²) >= 11 is 0. The Kier molecular flexibility index (Phi) is 2.92. The molecule has 0 aromatic rings. The van der Waals surface area contributed by atoms with Crippen LogP contribution in [-0.4, -0.2) is 41.1 Å². The van der Waals surface area contributed by atoms with Gasteiger partial charge in [0.2, 0.25) is 0 Å². The lowest BCUT2D eigenvalue weighted by molar-refractivity contribution is -0.184. The van der Waals surface area contributed by atoms with Crippen molar-refractivity contribution >= 4 is 11.9 Å². The SMILES string of the molecule is C[C@H]1CN(C(=O)C(F)(F)F)C[C@@H]1C(=O)O. The molecule has 1 heterocycles. The molecule has 0 saturated carbocycles. The summed E-state index contributed by atoms with van der Waals surface area (Å²) in [6, 6.07) is 0. The van der Waals surface area contributed by atoms with E-state index in [4.69, 9.17) is 5.11 Å². The molecule has 0 aromatic carbocycles. The van der Waals surface area contributed by atoms with E-state index in [0.29, 0.717) is 4.90 Å². The maximum atomic E-state index is 12.0. The molecule has 86 valence electrons. The van der Waals surface area contributed by atoms with Crippen LogP contribution in [0.5, 0.6) is 0 Å². The zero-order valence-corrected chi connectivity index (χ0v) is 7.91. The largest absolute Gasteiger partial charge is 0.481 e. The molecule has 4 nitrogen and oxygen atoms in total. The molecule has 0 unspecified atom stereocenters. The lowest BCUT2D eigenvalue weighted by Crippen LogP contribution is -2.40. The highest BCUT2D eigenvalue weighted by atomic mass is 19.4. The van der Waals surface area contributed by atoms with E-state index in [-0.39, 0.29) is 13.1 Å². The number of carboxylic acid groups (broad SMARTS) is 1. The van der Waals surface area contributed by atoms with Gasteiger partial charge in [-0.2, -0.15) is 13.2 Å². The Labute approximate surface area is 83.7 Å². The average Bonchev–Trinajstić information content (AvgIpc) is 2.44. The van der Waals surface area contributed by atoms with Crippen LogP contribution in [0.25, 0.3) is 0 Å². The average molecular weight is 225 g/mol. The quantitative estimate of drug-likeness (QED) is 0.715. The first-order valence-electron chi connectivity index (χ1n) is 4.32. The van der Waals surface area contributed by atoms with Crippen LogP contribution in [0.1, 0.15) is 6.92 Å². The lowest BCUT2D eigenvalue weighted by Gasteiger charge is -2.17. The van der Waals surface area contributed by atoms with Crippen molar-refractivity contribution in [2.45, 2.75) is 13.1 Å². The van der Waals surface area contributed by atoms with Crippen LogP contribution >= 0.6 is 0 Å². The fourth-order valence-electron chi connectivity index (χ4n) is 1.63. The number of hydrogen-bond acceptors (Lipinski definition) is 2. The first-order chi connectivity index (χ1) is 6.73. The van der Waals surface area contributed by atoms with Crippen LogP contribution in [0, 0.1) is 11.8 Å². The number of alkyl halides is 3. The van der Waals surface area contributed by atoms with Crippen LogP contribution in [0.4, 0.5) is 13.2 Å². The number of rotatable bonds is 1. The van der Waals surface area contributed by atoms with Crippen molar-refractivity contribution in [3.63, 3.8) is 0 Å². The van der Waals surface area contributed by atoms with Gasteiger partial charge in [0.05, 0.1) is 5.92 Å². The number of carboxylic acids is 1. The summed E-state index contributed by atoms with van der Waals surface area (Å²) in [5.41, 5.74) is 0. The second-order valence-corrected chi connectivity index (χ2v) is 3.63. The van der Waals surface area contributed by atoms with Crippen molar-refractivity contribution in [2.75, 3.05) is 13.1 Å². The molecule has 15 heavy (non-hydrogen) atoms. The smallest absolute Gasteiger partial charge is 0.471 e. The molecule has 1 N–H and O–H groups in total. The van der Waals surface area contributed by atoms with Gasteiger partial charge in [0.25, 0.3) is 0 Å². The summed E-state index contributed by atoms with van der Waals surface area (Å²) in [6.07, 6.45) is -4.92. The first-order valence-corrected chi connectivity index (χ1v) is 4.32. The summed E-state index contributed by atoms with van der Waals surface area (Å²) in [7, 11) is 0. The van der Waals surface area contributed by atoms with E-state index in [1.165, 1.54) is 6.92 Å². The van der Waals surface area contributed by atoms with E-state index in [2.05, 4.69) is 0 Å². The summed E-state index contributed by atoms with van der Waals surface area (Å²) in [5, 5.41) is 8.67. The minimum absolute atomic E-state index is 0.157. The lowest BCUT2D eigenvalue weighted by atomic mass is 9.99. The van der Waals surface area contributed by atoms with Crippen molar-refractivity contribution in [3.8, 4) is 0 Å². The number of amides is 1. The zero-order valence-electron chi connectivity index (χ0n) is 7.91. The number of carbonyl (C=O) groups is 2. The van der Waals surface area contributed by atoms with Gasteiger partial charge in [-0.3, -0.25) is 9.59 Å². The second-order valence-electron chi connectivity index (χ2n) is 3.63. The van der Waals surface area contributed by atoms with Gasteiger partial charge in [0.1, 0.15) is 0 Å². The van der Waals surface area contributed by atoms with Gasteiger partial charge in [-0.25, -0.2) is 0 Å². The number of nitrogens with zero attached hydrogens (tertiary/aromatic N) is 1. The van der Waals surface area contributed by atoms with E-state index >= 15 is 0 Å². The third kappa shape index (κ3) is 2.40. The summed E-state index contributed by atoms with van der Waals surface area (Å²) in [6.45, 7) is 0.993. The minimum Gasteiger partial charge on any atom is -0.481 e. The predicted molar refractivity (Wildman–Crippen MR) is 42.9 cm³/mol. The van der Waals surface area contributed by atoms with Gasteiger partial charge in [-0.1, -0.05) is 6.92 Å². The summed E-state index contributed by atoms with van der Waals surface area (Å²) in [4.78, 5) is 21.9. The Balaban J connectivity index is 2.71. The van der Waals surface area contributed by atoms with Gasteiger partial charge in [-0.05, 0) is 5.92 Å². The fraction of sp³-hybridized carbons (Fsp3) is 0.750. The monoisotopic (exact) mass is 225 g/mol. The molecule has 1 saturated heterocycles. The molecule has 7 heteroatoms. The highest BCUT2D eigenvalue weighted by Crippen LogP contribution is 2.27. The molecule has 0 aliphatic carbocycles. The van der Waals surface area contributed by atoms with Crippen molar-refractivity contribution in [3.05, 3.63) is 0 Å². The molecule has 0 spiro atoms. The third-order valence-corrected chi connectivity index (χ3v) is 2.46. The Hall–Kier alpha value is -1.27. The predicted octanol–water partition coefficient (Wildman–Crippen LogP) is 0.728. The highest BCUT2D eigenvalue weighted by molar-refractivity contribution is 5.83. The minimum atomic E-state index is -4.92. The first kappa shape index (κ1) is 11.8. The van der Waals surface area contributed by atoms with Crippen LogP contribution in [-0.2, 0) is 9.59 Å². The molecule has 0 radical (unpaired) electrons. The summed E-state index contributed by atoms with van der Waals surface area (Å²) in [5.74, 6) is -4.48. The zero-order chi connectivity index (χ0) is 11.8. The molecular weight excluding hydrogens is 215 g/mol. The van der Waals surface area contributed by atoms with Crippen LogP contribution < -0.4 is 0 Å². The van der Waals surface area contributed by atoms with E-state index < -0.39 is 29.9 Å². The molecule has 0 bridgehead atoms. The topological polar surface area (TPSA) is 57.6 Å². The molecule has 0 aromatic heterocycles. The molecule has 1 aliphatic rings. The number of likely N-dealkylation sites (tertiary alicyclic amines) is 1. The number of halogens is 3. The van der Waals surface area contributed by atoms with Gasteiger partial charge >= 0.3 is 18.1 Å². The van der Waals surface area contributed by atoms with Gasteiger partial charge in [0.15, 0.2) is 0 Å². The molecule has 1 rings (SSSR count). The molecule has 1 amide bonds.